The second-order valence-electron chi connectivity index (χ2n) is 6.56. The lowest BCUT2D eigenvalue weighted by Crippen LogP contribution is -2.43. The van der Waals surface area contributed by atoms with Crippen molar-refractivity contribution in [2.45, 2.75) is 32.5 Å². The molecule has 1 amide bonds. The Hall–Kier alpha value is -3.08. The summed E-state index contributed by atoms with van der Waals surface area (Å²) in [6.45, 7) is 1.98. The molecule has 30 heavy (non-hydrogen) atoms. The molecule has 0 unspecified atom stereocenters. The molecule has 3 N–H and O–H groups in total. The average Bonchev–Trinajstić information content (AvgIpc) is 2.67. The lowest BCUT2D eigenvalue weighted by molar-refractivity contribution is -0.137. The number of carbonyl (C=O) groups is 1. The zero-order chi connectivity index (χ0) is 22.5. The zero-order valence-corrected chi connectivity index (χ0v) is 16.6. The number of rotatable bonds is 8. The van der Waals surface area contributed by atoms with Crippen LogP contribution in [0.25, 0.3) is 0 Å². The largest absolute Gasteiger partial charge is 0.416 e. The molecular weight excluding hydrogens is 405 g/mol. The minimum atomic E-state index is -4.55. The Morgan fingerprint density at radius 1 is 1.30 bits per heavy atom. The van der Waals surface area contributed by atoms with Gasteiger partial charge in [0.15, 0.2) is 5.69 Å². The molecule has 0 radical (unpaired) electrons. The van der Waals surface area contributed by atoms with Crippen LogP contribution in [0.1, 0.15) is 24.5 Å². The third-order valence-electron chi connectivity index (χ3n) is 4.36. The number of alkyl halides is 3. The zero-order valence-electron chi connectivity index (χ0n) is 16.6. The quantitative estimate of drug-likeness (QED) is 0.666. The maximum absolute atomic E-state index is 12.9. The normalized spacial score (nSPS) is 11.5. The monoisotopic (exact) mass is 428 g/mol. The highest BCUT2D eigenvalue weighted by Crippen LogP contribution is 2.29. The first kappa shape index (κ1) is 23.2. The van der Waals surface area contributed by atoms with Crippen LogP contribution in [0.3, 0.4) is 0 Å². The van der Waals surface area contributed by atoms with Gasteiger partial charge in [0.25, 0.3) is 5.56 Å². The van der Waals surface area contributed by atoms with Crippen LogP contribution in [0.2, 0.25) is 0 Å². The Kier molecular flexibility index (Phi) is 7.43. The van der Waals surface area contributed by atoms with Gasteiger partial charge in [-0.25, -0.2) is 4.79 Å². The molecule has 0 aliphatic heterocycles. The van der Waals surface area contributed by atoms with E-state index in [0.29, 0.717) is 6.42 Å². The summed E-state index contributed by atoms with van der Waals surface area (Å²) in [5.74, 6) is -0.857. The number of nitrogens with zero attached hydrogens (tertiary/aromatic N) is 2. The fraction of sp³-hybridized carbons (Fsp3) is 0.421. The predicted molar refractivity (Wildman–Crippen MR) is 105 cm³/mol. The molecule has 0 fully saturated rings. The highest BCUT2D eigenvalue weighted by atomic mass is 19.4. The number of hydrogen-bond donors (Lipinski definition) is 2. The van der Waals surface area contributed by atoms with E-state index in [4.69, 9.17) is 10.5 Å². The van der Waals surface area contributed by atoms with Gasteiger partial charge in [0, 0.05) is 20.2 Å². The van der Waals surface area contributed by atoms with E-state index in [1.165, 1.54) is 19.2 Å². The second-order valence-corrected chi connectivity index (χ2v) is 6.56. The number of aromatic nitrogens is 2. The molecule has 1 aromatic carbocycles. The third-order valence-corrected chi connectivity index (χ3v) is 4.36. The number of nitrogen functional groups attached to an aromatic ring is 1. The molecule has 1 aromatic heterocycles. The van der Waals surface area contributed by atoms with Crippen LogP contribution in [0, 0.1) is 0 Å². The average molecular weight is 428 g/mol. The number of carbonyl (C=O) groups excluding carboxylic acids is 1. The SMILES string of the molecule is CCCn1c(N)c(N(CCOC)C(=O)Cc2cccc(C(F)(F)F)c2)c(=O)[nH]c1=O. The van der Waals surface area contributed by atoms with Crippen molar-refractivity contribution in [3.8, 4) is 0 Å². The second kappa shape index (κ2) is 9.61. The summed E-state index contributed by atoms with van der Waals surface area (Å²) in [6.07, 6.45) is -4.41. The lowest BCUT2D eigenvalue weighted by atomic mass is 10.1. The van der Waals surface area contributed by atoms with Gasteiger partial charge in [-0.3, -0.25) is 19.1 Å². The van der Waals surface area contributed by atoms with Crippen molar-refractivity contribution in [2.24, 2.45) is 0 Å². The first-order valence-electron chi connectivity index (χ1n) is 9.18. The van der Waals surface area contributed by atoms with E-state index >= 15 is 0 Å². The maximum atomic E-state index is 12.9. The van der Waals surface area contributed by atoms with Crippen LogP contribution >= 0.6 is 0 Å². The minimum absolute atomic E-state index is 0.0418. The van der Waals surface area contributed by atoms with Gasteiger partial charge in [0.2, 0.25) is 5.91 Å². The Balaban J connectivity index is 2.46. The van der Waals surface area contributed by atoms with Crippen LogP contribution in [-0.2, 0) is 28.7 Å². The molecule has 0 saturated carbocycles. The van der Waals surface area contributed by atoms with E-state index in [0.717, 1.165) is 21.6 Å². The molecule has 2 aromatic rings. The van der Waals surface area contributed by atoms with Crippen LogP contribution in [0.5, 0.6) is 0 Å². The van der Waals surface area contributed by atoms with Crippen LogP contribution in [0.4, 0.5) is 24.7 Å². The summed E-state index contributed by atoms with van der Waals surface area (Å²) in [6, 6.07) is 4.36. The number of H-pyrrole nitrogens is 1. The lowest BCUT2D eigenvalue weighted by Gasteiger charge is -2.24. The van der Waals surface area contributed by atoms with Gasteiger partial charge in [0.1, 0.15) is 5.82 Å². The molecule has 0 aliphatic rings. The van der Waals surface area contributed by atoms with Crippen LogP contribution in [0.15, 0.2) is 33.9 Å². The summed E-state index contributed by atoms with van der Waals surface area (Å²) in [4.78, 5) is 40.5. The molecule has 1 heterocycles. The van der Waals surface area contributed by atoms with Crippen molar-refractivity contribution in [1.82, 2.24) is 9.55 Å². The van der Waals surface area contributed by atoms with Gasteiger partial charge in [-0.05, 0) is 18.1 Å². The summed E-state index contributed by atoms with van der Waals surface area (Å²) in [5, 5.41) is 0. The van der Waals surface area contributed by atoms with Crippen molar-refractivity contribution in [1.29, 1.82) is 0 Å². The van der Waals surface area contributed by atoms with Crippen molar-refractivity contribution < 1.29 is 22.7 Å². The standard InChI is InChI=1S/C19H23F3N4O4/c1-3-7-26-16(23)15(17(28)24-18(26)29)25(8-9-30-2)14(27)11-12-5-4-6-13(10-12)19(20,21)22/h4-6,10H,3,7-9,11,23H2,1-2H3,(H,24,28,29). The minimum Gasteiger partial charge on any atom is -0.383 e. The Bertz CT molecular complexity index is 1010. The smallest absolute Gasteiger partial charge is 0.383 e. The van der Waals surface area contributed by atoms with Crippen molar-refractivity contribution in [3.63, 3.8) is 0 Å². The highest BCUT2D eigenvalue weighted by Gasteiger charge is 2.31. The Labute approximate surface area is 170 Å². The number of halogens is 3. The number of nitrogens with one attached hydrogen (secondary N) is 1. The first-order valence-corrected chi connectivity index (χ1v) is 9.18. The summed E-state index contributed by atoms with van der Waals surface area (Å²) >= 11 is 0. The van der Waals surface area contributed by atoms with Gasteiger partial charge in [-0.15, -0.1) is 0 Å². The van der Waals surface area contributed by atoms with Gasteiger partial charge in [-0.1, -0.05) is 25.1 Å². The van der Waals surface area contributed by atoms with E-state index < -0.39 is 35.3 Å². The number of benzene rings is 1. The van der Waals surface area contributed by atoms with Gasteiger partial charge in [0.05, 0.1) is 18.6 Å². The van der Waals surface area contributed by atoms with E-state index in [1.54, 1.807) is 6.92 Å². The molecule has 0 aliphatic carbocycles. The number of aromatic amines is 1. The number of anilines is 2. The van der Waals surface area contributed by atoms with Crippen molar-refractivity contribution in [3.05, 3.63) is 56.2 Å². The summed E-state index contributed by atoms with van der Waals surface area (Å²) in [7, 11) is 1.39. The van der Waals surface area contributed by atoms with Crippen molar-refractivity contribution in [2.75, 3.05) is 30.9 Å². The van der Waals surface area contributed by atoms with E-state index in [-0.39, 0.29) is 36.8 Å². The molecule has 0 atom stereocenters. The fourth-order valence-electron chi connectivity index (χ4n) is 2.96. The van der Waals surface area contributed by atoms with E-state index in [9.17, 15) is 27.6 Å². The molecule has 0 saturated heterocycles. The third kappa shape index (κ3) is 5.29. The predicted octanol–water partition coefficient (Wildman–Crippen LogP) is 1.77. The number of ether oxygens (including phenoxy) is 1. The van der Waals surface area contributed by atoms with Crippen LogP contribution in [-0.4, -0.2) is 35.7 Å². The van der Waals surface area contributed by atoms with Gasteiger partial charge < -0.3 is 15.4 Å². The topological polar surface area (TPSA) is 110 Å². The summed E-state index contributed by atoms with van der Waals surface area (Å²) < 4.78 is 45.0. The van der Waals surface area contributed by atoms with Gasteiger partial charge >= 0.3 is 11.9 Å². The number of methoxy groups -OCH3 is 1. The molecule has 0 spiro atoms. The number of nitrogens with two attached hydrogens (primary N) is 1. The maximum Gasteiger partial charge on any atom is 0.416 e. The fourth-order valence-corrected chi connectivity index (χ4v) is 2.96. The molecular formula is C19H23F3N4O4. The Morgan fingerprint density at radius 3 is 2.60 bits per heavy atom. The van der Waals surface area contributed by atoms with Gasteiger partial charge in [-0.2, -0.15) is 13.2 Å². The first-order chi connectivity index (χ1) is 14.1. The van der Waals surface area contributed by atoms with E-state index in [1.807, 2.05) is 0 Å². The molecule has 0 bridgehead atoms. The molecule has 164 valence electrons. The number of amides is 1. The molecule has 8 nitrogen and oxygen atoms in total. The molecule has 11 heteroatoms. The van der Waals surface area contributed by atoms with E-state index in [2.05, 4.69) is 4.98 Å². The highest BCUT2D eigenvalue weighted by molar-refractivity contribution is 5.96. The van der Waals surface area contributed by atoms with Crippen molar-refractivity contribution >= 4 is 17.4 Å². The molecule has 2 rings (SSSR count). The summed E-state index contributed by atoms with van der Waals surface area (Å²) in [5.41, 5.74) is 3.44. The Morgan fingerprint density at radius 2 is 2.00 bits per heavy atom. The van der Waals surface area contributed by atoms with Crippen LogP contribution < -0.4 is 21.9 Å². The number of hydrogen-bond acceptors (Lipinski definition) is 5.